The van der Waals surface area contributed by atoms with E-state index in [2.05, 4.69) is 4.98 Å². The Morgan fingerprint density at radius 1 is 1.00 bits per heavy atom. The predicted molar refractivity (Wildman–Crippen MR) is 131 cm³/mol. The lowest BCUT2D eigenvalue weighted by atomic mass is 9.92. The number of benzene rings is 1. The highest BCUT2D eigenvalue weighted by molar-refractivity contribution is 5.99. The van der Waals surface area contributed by atoms with E-state index in [0.717, 1.165) is 12.8 Å². The number of esters is 2. The molecule has 2 rings (SSSR count). The first-order valence-electron chi connectivity index (χ1n) is 11.9. The normalized spacial score (nSPS) is 13.5. The molecule has 190 valence electrons. The van der Waals surface area contributed by atoms with Crippen LogP contribution in [0.4, 0.5) is 0 Å². The number of carbonyl (C=O) groups excluding carboxylic acids is 3. The highest BCUT2D eigenvalue weighted by Gasteiger charge is 2.33. The smallest absolute Gasteiger partial charge is 0.309 e. The number of ketones is 1. The van der Waals surface area contributed by atoms with Gasteiger partial charge >= 0.3 is 11.9 Å². The van der Waals surface area contributed by atoms with E-state index in [9.17, 15) is 14.4 Å². The Balaban J connectivity index is 2.16. The minimum absolute atomic E-state index is 0.0622. The van der Waals surface area contributed by atoms with E-state index in [-0.39, 0.29) is 35.6 Å². The van der Waals surface area contributed by atoms with Crippen LogP contribution in [0.2, 0.25) is 0 Å². The summed E-state index contributed by atoms with van der Waals surface area (Å²) in [6.45, 7) is 8.81. The average molecular weight is 486 g/mol. The van der Waals surface area contributed by atoms with Crippen molar-refractivity contribution in [3.63, 3.8) is 0 Å². The zero-order valence-corrected chi connectivity index (χ0v) is 21.3. The van der Waals surface area contributed by atoms with Gasteiger partial charge in [0, 0.05) is 25.6 Å². The molecule has 1 heterocycles. The van der Waals surface area contributed by atoms with Crippen LogP contribution in [0.1, 0.15) is 64.4 Å². The van der Waals surface area contributed by atoms with Gasteiger partial charge in [0.15, 0.2) is 17.2 Å². The Morgan fingerprint density at radius 2 is 1.66 bits per heavy atom. The Kier molecular flexibility index (Phi) is 10.7. The van der Waals surface area contributed by atoms with Gasteiger partial charge in [0.05, 0.1) is 13.0 Å². The van der Waals surface area contributed by atoms with Crippen LogP contribution >= 0.6 is 0 Å². The van der Waals surface area contributed by atoms with Gasteiger partial charge in [0.25, 0.3) is 0 Å². The summed E-state index contributed by atoms with van der Waals surface area (Å²) in [5.41, 5.74) is -0.0727. The summed E-state index contributed by atoms with van der Waals surface area (Å²) in [4.78, 5) is 41.6. The first kappa shape index (κ1) is 27.8. The van der Waals surface area contributed by atoms with Gasteiger partial charge in [0.1, 0.15) is 18.0 Å². The summed E-state index contributed by atoms with van der Waals surface area (Å²) >= 11 is 0. The Morgan fingerprint density at radius 3 is 2.23 bits per heavy atom. The topological polar surface area (TPSA) is 101 Å². The Bertz CT molecular complexity index is 988. The number of pyridine rings is 1. The lowest BCUT2D eigenvalue weighted by Gasteiger charge is -2.31. The standard InChI is InChI=1S/C27H35NO7/c1-7-20(8-2)25(18(4)33-21-12-10-9-11-13-21)35-27(31)17(3)16-22(30)24-26(34-19(5)29)23(32-6)14-15-28-24/h9-15,17-18,20,25H,7-8,16H2,1-6H3/t17-,18+,25+/m1/s1. The fourth-order valence-electron chi connectivity index (χ4n) is 3.85. The van der Waals surface area contributed by atoms with Crippen LogP contribution in [-0.4, -0.2) is 42.0 Å². The van der Waals surface area contributed by atoms with E-state index in [0.29, 0.717) is 5.75 Å². The third-order valence-electron chi connectivity index (χ3n) is 5.79. The minimum atomic E-state index is -0.749. The monoisotopic (exact) mass is 485 g/mol. The zero-order chi connectivity index (χ0) is 26.0. The molecule has 1 aromatic carbocycles. The number of carbonyl (C=O) groups is 3. The molecule has 1 aromatic heterocycles. The van der Waals surface area contributed by atoms with Gasteiger partial charge in [-0.1, -0.05) is 39.0 Å². The van der Waals surface area contributed by atoms with Crippen molar-refractivity contribution >= 4 is 17.7 Å². The molecule has 3 atom stereocenters. The zero-order valence-electron chi connectivity index (χ0n) is 21.3. The number of Topliss-reactive ketones (excluding diaryl/α,β-unsaturated/α-hetero) is 1. The van der Waals surface area contributed by atoms with Crippen LogP contribution in [0.3, 0.4) is 0 Å². The van der Waals surface area contributed by atoms with Gasteiger partial charge in [0.2, 0.25) is 5.75 Å². The van der Waals surface area contributed by atoms with Crippen molar-refractivity contribution in [2.75, 3.05) is 7.11 Å². The largest absolute Gasteiger partial charge is 0.493 e. The number of hydrogen-bond acceptors (Lipinski definition) is 8. The molecule has 0 aliphatic carbocycles. The molecule has 0 spiro atoms. The predicted octanol–water partition coefficient (Wildman–Crippen LogP) is 5.04. The summed E-state index contributed by atoms with van der Waals surface area (Å²) in [6, 6.07) is 10.9. The highest BCUT2D eigenvalue weighted by Crippen LogP contribution is 2.31. The molecule has 0 saturated heterocycles. The molecule has 0 bridgehead atoms. The molecule has 0 unspecified atom stereocenters. The van der Waals surface area contributed by atoms with Crippen LogP contribution in [0, 0.1) is 11.8 Å². The third-order valence-corrected chi connectivity index (χ3v) is 5.79. The van der Waals surface area contributed by atoms with Gasteiger partial charge in [-0.25, -0.2) is 4.98 Å². The molecule has 8 nitrogen and oxygen atoms in total. The number of para-hydroxylation sites is 1. The van der Waals surface area contributed by atoms with E-state index in [1.54, 1.807) is 6.92 Å². The van der Waals surface area contributed by atoms with Gasteiger partial charge in [-0.15, -0.1) is 0 Å². The molecule has 0 amide bonds. The van der Waals surface area contributed by atoms with Gasteiger partial charge < -0.3 is 18.9 Å². The fourth-order valence-corrected chi connectivity index (χ4v) is 3.85. The molecule has 0 aliphatic heterocycles. The lowest BCUT2D eigenvalue weighted by molar-refractivity contribution is -0.162. The van der Waals surface area contributed by atoms with Crippen LogP contribution in [0.15, 0.2) is 42.6 Å². The van der Waals surface area contributed by atoms with Crippen molar-refractivity contribution in [1.82, 2.24) is 4.98 Å². The van der Waals surface area contributed by atoms with Crippen molar-refractivity contribution < 1.29 is 33.3 Å². The first-order valence-corrected chi connectivity index (χ1v) is 11.9. The maximum atomic E-state index is 13.0. The summed E-state index contributed by atoms with van der Waals surface area (Å²) < 4.78 is 22.3. The third kappa shape index (κ3) is 7.80. The molecule has 0 radical (unpaired) electrons. The van der Waals surface area contributed by atoms with Gasteiger partial charge in [-0.3, -0.25) is 14.4 Å². The summed E-state index contributed by atoms with van der Waals surface area (Å²) in [5, 5.41) is 0. The van der Waals surface area contributed by atoms with E-state index < -0.39 is 29.7 Å². The van der Waals surface area contributed by atoms with Crippen LogP contribution in [0.5, 0.6) is 17.2 Å². The average Bonchev–Trinajstić information content (AvgIpc) is 2.84. The van der Waals surface area contributed by atoms with Gasteiger partial charge in [-0.2, -0.15) is 0 Å². The maximum Gasteiger partial charge on any atom is 0.309 e. The van der Waals surface area contributed by atoms with Crippen LogP contribution in [-0.2, 0) is 14.3 Å². The molecule has 0 N–H and O–H groups in total. The van der Waals surface area contributed by atoms with E-state index in [1.807, 2.05) is 51.1 Å². The first-order chi connectivity index (χ1) is 16.7. The number of nitrogens with zero attached hydrogens (tertiary/aromatic N) is 1. The Labute approximate surface area is 206 Å². The number of ether oxygens (including phenoxy) is 4. The van der Waals surface area contributed by atoms with E-state index >= 15 is 0 Å². The minimum Gasteiger partial charge on any atom is -0.493 e. The van der Waals surface area contributed by atoms with E-state index in [4.69, 9.17) is 18.9 Å². The molecular weight excluding hydrogens is 450 g/mol. The summed E-state index contributed by atoms with van der Waals surface area (Å²) in [7, 11) is 1.40. The van der Waals surface area contributed by atoms with Crippen molar-refractivity contribution in [2.45, 2.75) is 66.1 Å². The molecule has 0 saturated carbocycles. The molecule has 35 heavy (non-hydrogen) atoms. The molecule has 2 aromatic rings. The van der Waals surface area contributed by atoms with E-state index in [1.165, 1.54) is 26.3 Å². The lowest BCUT2D eigenvalue weighted by Crippen LogP contribution is -2.40. The number of methoxy groups -OCH3 is 1. The Hall–Kier alpha value is -3.42. The second kappa shape index (κ2) is 13.5. The van der Waals surface area contributed by atoms with Crippen molar-refractivity contribution in [2.24, 2.45) is 11.8 Å². The quantitative estimate of drug-likeness (QED) is 0.287. The van der Waals surface area contributed by atoms with Crippen LogP contribution in [0.25, 0.3) is 0 Å². The van der Waals surface area contributed by atoms with Gasteiger partial charge in [-0.05, 0) is 37.8 Å². The van der Waals surface area contributed by atoms with Crippen LogP contribution < -0.4 is 14.2 Å². The number of rotatable bonds is 13. The fraction of sp³-hybridized carbons (Fsp3) is 0.481. The van der Waals surface area contributed by atoms with Crippen molar-refractivity contribution in [1.29, 1.82) is 0 Å². The molecule has 0 fully saturated rings. The number of hydrogen-bond donors (Lipinski definition) is 0. The second-order valence-corrected chi connectivity index (χ2v) is 8.43. The maximum absolute atomic E-state index is 13.0. The number of aromatic nitrogens is 1. The van der Waals surface area contributed by atoms with Crippen molar-refractivity contribution in [3.05, 3.63) is 48.3 Å². The molecule has 0 aliphatic rings. The summed E-state index contributed by atoms with van der Waals surface area (Å²) in [5.74, 6) is -1.40. The molecule has 8 heteroatoms. The second-order valence-electron chi connectivity index (χ2n) is 8.43. The molecular formula is C27H35NO7. The van der Waals surface area contributed by atoms with Crippen molar-refractivity contribution in [3.8, 4) is 17.2 Å². The highest BCUT2D eigenvalue weighted by atomic mass is 16.6. The SMILES string of the molecule is CCC(CC)[C@@H](OC(=O)[C@H](C)CC(=O)c1nccc(OC)c1OC(C)=O)[C@H](C)Oc1ccccc1. The summed E-state index contributed by atoms with van der Waals surface area (Å²) in [6.07, 6.45) is 1.96.